The minimum atomic E-state index is -1.08. The lowest BCUT2D eigenvalue weighted by atomic mass is 9.90. The van der Waals surface area contributed by atoms with E-state index in [1.54, 1.807) is 50.6 Å². The van der Waals surface area contributed by atoms with Crippen molar-refractivity contribution in [3.05, 3.63) is 52.9 Å². The molecule has 0 spiro atoms. The molecule has 0 saturated heterocycles. The van der Waals surface area contributed by atoms with Crippen LogP contribution in [-0.2, 0) is 9.59 Å². The van der Waals surface area contributed by atoms with E-state index in [0.717, 1.165) is 5.70 Å². The zero-order valence-corrected chi connectivity index (χ0v) is 15.6. The molecule has 2 unspecified atom stereocenters. The van der Waals surface area contributed by atoms with Crippen molar-refractivity contribution in [2.75, 3.05) is 7.05 Å². The molecule has 146 valence electrons. The number of imidazole rings is 1. The molecule has 0 aromatic carbocycles. The summed E-state index contributed by atoms with van der Waals surface area (Å²) in [6, 6.07) is 0. The number of nitrogens with zero attached hydrogens (tertiary/aromatic N) is 2. The number of H-pyrrole nitrogens is 1. The number of aliphatic carboxylic acids is 2. The standard InChI is InChI=1S/C20H22N4O4/c1-20(19(27)28)9-7-15-16(8-10-20)24-17(23-15)11-22-14-6-4-12(18(25)26)3-5-13(14)21-2/h5-12,21H,3-4H2,1-2H3,(H,23,24)(H,25,26)(H,27,28). The molecule has 8 nitrogen and oxygen atoms in total. The fourth-order valence-corrected chi connectivity index (χ4v) is 2.95. The number of aliphatic imine (C=N–C) groups is 1. The van der Waals surface area contributed by atoms with Gasteiger partial charge in [-0.2, -0.15) is 0 Å². The minimum absolute atomic E-state index is 0.400. The highest BCUT2D eigenvalue weighted by molar-refractivity contribution is 5.85. The number of aromatic amines is 1. The van der Waals surface area contributed by atoms with Crippen molar-refractivity contribution < 1.29 is 19.8 Å². The van der Waals surface area contributed by atoms with E-state index < -0.39 is 23.3 Å². The van der Waals surface area contributed by atoms with E-state index in [1.165, 1.54) is 0 Å². The fourth-order valence-electron chi connectivity index (χ4n) is 2.95. The van der Waals surface area contributed by atoms with E-state index in [2.05, 4.69) is 20.3 Å². The Kier molecular flexibility index (Phi) is 5.30. The van der Waals surface area contributed by atoms with Crippen molar-refractivity contribution in [1.29, 1.82) is 0 Å². The summed E-state index contributed by atoms with van der Waals surface area (Å²) in [4.78, 5) is 34.6. The third-order valence-corrected chi connectivity index (χ3v) is 4.85. The third-order valence-electron chi connectivity index (χ3n) is 4.85. The second-order valence-electron chi connectivity index (χ2n) is 6.90. The number of aromatic nitrogens is 2. The Morgan fingerprint density at radius 2 is 2.00 bits per heavy atom. The maximum Gasteiger partial charge on any atom is 0.317 e. The molecular weight excluding hydrogens is 360 g/mol. The van der Waals surface area contributed by atoms with E-state index in [4.69, 9.17) is 0 Å². The minimum Gasteiger partial charge on any atom is -0.481 e. The molecule has 1 aromatic heterocycles. The maximum atomic E-state index is 11.4. The van der Waals surface area contributed by atoms with Crippen molar-refractivity contribution in [3.8, 4) is 0 Å². The third kappa shape index (κ3) is 3.95. The first kappa shape index (κ1) is 19.3. The predicted molar refractivity (Wildman–Crippen MR) is 106 cm³/mol. The second kappa shape index (κ2) is 7.67. The van der Waals surface area contributed by atoms with Gasteiger partial charge < -0.3 is 20.5 Å². The lowest BCUT2D eigenvalue weighted by Gasteiger charge is -2.13. The number of fused-ring (bicyclic) bond motifs is 1. The Labute approximate surface area is 162 Å². The highest BCUT2D eigenvalue weighted by atomic mass is 16.4. The molecule has 0 aliphatic heterocycles. The molecule has 1 heterocycles. The van der Waals surface area contributed by atoms with Crippen LogP contribution >= 0.6 is 0 Å². The van der Waals surface area contributed by atoms with Crippen LogP contribution in [0, 0.1) is 11.3 Å². The van der Waals surface area contributed by atoms with Gasteiger partial charge in [0.15, 0.2) is 0 Å². The van der Waals surface area contributed by atoms with Gasteiger partial charge in [-0.15, -0.1) is 0 Å². The van der Waals surface area contributed by atoms with Crippen molar-refractivity contribution in [1.82, 2.24) is 15.3 Å². The Morgan fingerprint density at radius 1 is 1.29 bits per heavy atom. The van der Waals surface area contributed by atoms with Gasteiger partial charge in [0.05, 0.1) is 34.9 Å². The van der Waals surface area contributed by atoms with Gasteiger partial charge in [-0.3, -0.25) is 14.6 Å². The SMILES string of the molecule is CNC1=CCC(C(=O)O)CC=C1N=Cc1nc2c([nH]1)C=CC(C)(C(=O)O)C=C2. The highest BCUT2D eigenvalue weighted by Gasteiger charge is 2.28. The summed E-state index contributed by atoms with van der Waals surface area (Å²) in [6.45, 7) is 1.62. The summed E-state index contributed by atoms with van der Waals surface area (Å²) in [7, 11) is 1.76. The van der Waals surface area contributed by atoms with Crippen LogP contribution in [0.5, 0.6) is 0 Å². The number of carboxylic acids is 2. The highest BCUT2D eigenvalue weighted by Crippen LogP contribution is 2.28. The molecule has 0 saturated carbocycles. The van der Waals surface area contributed by atoms with Crippen LogP contribution < -0.4 is 5.32 Å². The number of likely N-dealkylation sites (N-methyl/N-ethyl adjacent to an activating group) is 1. The maximum absolute atomic E-state index is 11.4. The van der Waals surface area contributed by atoms with Crippen molar-refractivity contribution in [3.63, 3.8) is 0 Å². The predicted octanol–water partition coefficient (Wildman–Crippen LogP) is 2.44. The molecule has 2 aliphatic rings. The summed E-state index contributed by atoms with van der Waals surface area (Å²) < 4.78 is 0. The number of nitrogens with one attached hydrogen (secondary N) is 2. The first-order valence-corrected chi connectivity index (χ1v) is 8.89. The van der Waals surface area contributed by atoms with E-state index in [9.17, 15) is 19.8 Å². The molecule has 2 atom stereocenters. The van der Waals surface area contributed by atoms with Crippen LogP contribution in [-0.4, -0.2) is 45.4 Å². The van der Waals surface area contributed by atoms with Gasteiger partial charge in [-0.05, 0) is 31.9 Å². The van der Waals surface area contributed by atoms with Crippen LogP contribution in [0.3, 0.4) is 0 Å². The van der Waals surface area contributed by atoms with Gasteiger partial charge in [-0.1, -0.05) is 24.3 Å². The Bertz CT molecular complexity index is 918. The summed E-state index contributed by atoms with van der Waals surface area (Å²) in [5.41, 5.74) is 1.68. The molecule has 1 aromatic rings. The summed E-state index contributed by atoms with van der Waals surface area (Å²) in [6.07, 6.45) is 12.6. The number of hydrogen-bond acceptors (Lipinski definition) is 5. The van der Waals surface area contributed by atoms with Crippen LogP contribution in [0.15, 0.2) is 40.7 Å². The van der Waals surface area contributed by atoms with Gasteiger partial charge in [0.1, 0.15) is 11.2 Å². The van der Waals surface area contributed by atoms with Crippen LogP contribution in [0.4, 0.5) is 0 Å². The summed E-state index contributed by atoms with van der Waals surface area (Å²) >= 11 is 0. The Morgan fingerprint density at radius 3 is 2.68 bits per heavy atom. The zero-order valence-electron chi connectivity index (χ0n) is 15.6. The summed E-state index contributed by atoms with van der Waals surface area (Å²) in [5, 5.41) is 21.6. The molecule has 0 bridgehead atoms. The molecule has 28 heavy (non-hydrogen) atoms. The van der Waals surface area contributed by atoms with E-state index >= 15 is 0 Å². The summed E-state index contributed by atoms with van der Waals surface area (Å²) in [5.74, 6) is -1.70. The lowest BCUT2D eigenvalue weighted by molar-refractivity contribution is -0.143. The number of carbonyl (C=O) groups is 2. The molecule has 8 heteroatoms. The number of allylic oxidation sites excluding steroid dienone is 2. The van der Waals surface area contributed by atoms with Crippen molar-refractivity contribution in [2.45, 2.75) is 19.8 Å². The topological polar surface area (TPSA) is 128 Å². The van der Waals surface area contributed by atoms with Crippen LogP contribution in [0.1, 0.15) is 37.0 Å². The van der Waals surface area contributed by atoms with E-state index in [0.29, 0.717) is 35.8 Å². The molecule has 3 rings (SSSR count). The first-order chi connectivity index (χ1) is 13.3. The average molecular weight is 382 g/mol. The smallest absolute Gasteiger partial charge is 0.317 e. The molecule has 2 aliphatic carbocycles. The molecule has 4 N–H and O–H groups in total. The quantitative estimate of drug-likeness (QED) is 0.579. The average Bonchev–Trinajstić information content (AvgIpc) is 2.82. The Hall–Kier alpha value is -3.42. The van der Waals surface area contributed by atoms with E-state index in [1.807, 2.05) is 6.08 Å². The monoisotopic (exact) mass is 382 g/mol. The van der Waals surface area contributed by atoms with Crippen molar-refractivity contribution >= 4 is 30.3 Å². The molecule has 0 amide bonds. The van der Waals surface area contributed by atoms with Crippen LogP contribution in [0.2, 0.25) is 0 Å². The fraction of sp³-hybridized carbons (Fsp3) is 0.300. The number of hydrogen-bond donors (Lipinski definition) is 4. The van der Waals surface area contributed by atoms with Gasteiger partial charge in [0, 0.05) is 7.05 Å². The second-order valence-corrected chi connectivity index (χ2v) is 6.90. The van der Waals surface area contributed by atoms with Crippen molar-refractivity contribution in [2.24, 2.45) is 16.3 Å². The normalized spacial score (nSPS) is 20.7. The molecular formula is C20H22N4O4. The lowest BCUT2D eigenvalue weighted by Crippen LogP contribution is -2.21. The van der Waals surface area contributed by atoms with Gasteiger partial charge in [0.2, 0.25) is 0 Å². The molecule has 0 fully saturated rings. The van der Waals surface area contributed by atoms with Gasteiger partial charge in [0.25, 0.3) is 0 Å². The Balaban J connectivity index is 1.82. The number of carboxylic acid groups (broad SMARTS) is 2. The first-order valence-electron chi connectivity index (χ1n) is 8.89. The number of rotatable bonds is 5. The van der Waals surface area contributed by atoms with E-state index in [-0.39, 0.29) is 0 Å². The largest absolute Gasteiger partial charge is 0.481 e. The van der Waals surface area contributed by atoms with Gasteiger partial charge >= 0.3 is 11.9 Å². The van der Waals surface area contributed by atoms with Crippen LogP contribution in [0.25, 0.3) is 12.2 Å². The molecule has 0 radical (unpaired) electrons. The van der Waals surface area contributed by atoms with Gasteiger partial charge in [-0.25, -0.2) is 4.98 Å². The zero-order chi connectivity index (χ0) is 20.3.